The maximum absolute atomic E-state index is 5.51. The molecule has 81 heavy (non-hydrogen) atoms. The van der Waals surface area contributed by atoms with Gasteiger partial charge >= 0.3 is 0 Å². The summed E-state index contributed by atoms with van der Waals surface area (Å²) >= 11 is 0. The van der Waals surface area contributed by atoms with Crippen LogP contribution in [0, 0.1) is 0 Å². The van der Waals surface area contributed by atoms with Crippen LogP contribution in [-0.4, -0.2) is 29.1 Å². The number of aromatic amines is 1. The van der Waals surface area contributed by atoms with Gasteiger partial charge in [-0.3, -0.25) is 0 Å². The summed E-state index contributed by atoms with van der Waals surface area (Å²) in [6.07, 6.45) is 0. The van der Waals surface area contributed by atoms with E-state index in [2.05, 4.69) is 281 Å². The van der Waals surface area contributed by atoms with E-state index in [1.807, 2.05) is 18.2 Å². The highest BCUT2D eigenvalue weighted by atomic mass is 15.0. The average Bonchev–Trinajstić information content (AvgIpc) is 3.74. The molecular formula is C75H48N6. The summed E-state index contributed by atoms with van der Waals surface area (Å²) in [5.74, 6) is 1.76. The first kappa shape index (κ1) is 46.2. The maximum Gasteiger partial charge on any atom is 0.164 e. The molecule has 6 nitrogen and oxygen atoms in total. The van der Waals surface area contributed by atoms with Crippen LogP contribution in [0.3, 0.4) is 0 Å². The van der Waals surface area contributed by atoms with Crippen molar-refractivity contribution in [2.24, 2.45) is 0 Å². The van der Waals surface area contributed by atoms with Gasteiger partial charge in [0.2, 0.25) is 0 Å². The number of nitrogens with zero attached hydrogens (tertiary/aromatic N) is 5. The van der Waals surface area contributed by atoms with Crippen molar-refractivity contribution in [3.63, 3.8) is 0 Å². The van der Waals surface area contributed by atoms with Crippen LogP contribution in [0.4, 0.5) is 0 Å². The lowest BCUT2D eigenvalue weighted by Crippen LogP contribution is -2.04. The molecule has 1 N–H and O–H groups in total. The lowest BCUT2D eigenvalue weighted by molar-refractivity contribution is 1.07. The molecule has 0 fully saturated rings. The van der Waals surface area contributed by atoms with Gasteiger partial charge < -0.3 is 14.1 Å². The monoisotopic (exact) mass is 1030 g/mol. The SMILES string of the molecule is c1ccc(-c2cc(-c3ccccc3)cc(-c3nc(-c4ccccc4)nc(-c4cc(-c5ccccc5)c(-n5c6ccccc6c6c7[nH]c8c(ccc9c8c8ccccc8n9-c8ccccc8)c7ccc65)c(-c5ccccc5)c4)n3)c2)cc1. The molecule has 0 bridgehead atoms. The minimum absolute atomic E-state index is 0.577. The van der Waals surface area contributed by atoms with Gasteiger partial charge in [-0.1, -0.05) is 218 Å². The minimum atomic E-state index is 0.577. The number of benzene rings is 12. The van der Waals surface area contributed by atoms with Crippen molar-refractivity contribution in [2.75, 3.05) is 0 Å². The molecule has 16 rings (SSSR count). The fourth-order valence-electron chi connectivity index (χ4n) is 12.4. The fourth-order valence-corrected chi connectivity index (χ4v) is 12.4. The van der Waals surface area contributed by atoms with Crippen molar-refractivity contribution in [3.8, 4) is 90.0 Å². The third-order valence-corrected chi connectivity index (χ3v) is 16.1. The van der Waals surface area contributed by atoms with E-state index in [1.165, 1.54) is 38.0 Å². The van der Waals surface area contributed by atoms with Crippen LogP contribution in [0.15, 0.2) is 285 Å². The van der Waals surface area contributed by atoms with Crippen LogP contribution in [0.2, 0.25) is 0 Å². The van der Waals surface area contributed by atoms with Crippen molar-refractivity contribution in [1.82, 2.24) is 29.1 Å². The van der Waals surface area contributed by atoms with E-state index in [0.717, 1.165) is 100 Å². The van der Waals surface area contributed by atoms with E-state index in [0.29, 0.717) is 17.5 Å². The normalized spacial score (nSPS) is 11.7. The van der Waals surface area contributed by atoms with Gasteiger partial charge in [-0.15, -0.1) is 0 Å². The summed E-state index contributed by atoms with van der Waals surface area (Å²) in [5, 5.41) is 7.14. The fraction of sp³-hybridized carbons (Fsp3) is 0. The molecule has 0 spiro atoms. The molecule has 16 aromatic rings. The third kappa shape index (κ3) is 7.68. The van der Waals surface area contributed by atoms with Crippen LogP contribution in [0.1, 0.15) is 0 Å². The van der Waals surface area contributed by atoms with Crippen molar-refractivity contribution in [2.45, 2.75) is 0 Å². The number of hydrogen-bond donors (Lipinski definition) is 1. The van der Waals surface area contributed by atoms with Crippen molar-refractivity contribution >= 4 is 65.4 Å². The molecule has 0 aliphatic carbocycles. The van der Waals surface area contributed by atoms with Crippen molar-refractivity contribution < 1.29 is 0 Å². The zero-order chi connectivity index (χ0) is 53.4. The first-order valence-electron chi connectivity index (χ1n) is 27.5. The molecule has 12 aromatic carbocycles. The van der Waals surface area contributed by atoms with Gasteiger partial charge in [-0.25, -0.2) is 15.0 Å². The topological polar surface area (TPSA) is 64.3 Å². The van der Waals surface area contributed by atoms with Crippen molar-refractivity contribution in [3.05, 3.63) is 285 Å². The summed E-state index contributed by atoms with van der Waals surface area (Å²) in [7, 11) is 0. The molecule has 4 aromatic heterocycles. The Morgan fingerprint density at radius 1 is 0.247 bits per heavy atom. The van der Waals surface area contributed by atoms with E-state index in [4.69, 9.17) is 15.0 Å². The quantitative estimate of drug-likeness (QED) is 0.157. The molecule has 4 heterocycles. The molecule has 0 unspecified atom stereocenters. The van der Waals surface area contributed by atoms with E-state index >= 15 is 0 Å². The Morgan fingerprint density at radius 2 is 0.605 bits per heavy atom. The largest absolute Gasteiger partial charge is 0.353 e. The molecule has 0 amide bonds. The van der Waals surface area contributed by atoms with Gasteiger partial charge in [0.05, 0.1) is 38.8 Å². The van der Waals surface area contributed by atoms with Crippen LogP contribution < -0.4 is 0 Å². The zero-order valence-corrected chi connectivity index (χ0v) is 43.9. The Labute approximate surface area is 467 Å². The molecule has 0 saturated carbocycles. The highest BCUT2D eigenvalue weighted by molar-refractivity contribution is 6.30. The molecular weight excluding hydrogens is 985 g/mol. The number of aromatic nitrogens is 6. The van der Waals surface area contributed by atoms with Gasteiger partial charge in [-0.05, 0) is 100 Å². The van der Waals surface area contributed by atoms with E-state index in [1.54, 1.807) is 0 Å². The number of H-pyrrole nitrogens is 1. The Kier molecular flexibility index (Phi) is 10.8. The first-order valence-corrected chi connectivity index (χ1v) is 27.5. The Balaban J connectivity index is 0.968. The lowest BCUT2D eigenvalue weighted by Gasteiger charge is -2.21. The van der Waals surface area contributed by atoms with E-state index in [-0.39, 0.29) is 0 Å². The Morgan fingerprint density at radius 3 is 1.09 bits per heavy atom. The number of hydrogen-bond acceptors (Lipinski definition) is 3. The number of fused-ring (bicyclic) bond motifs is 11. The van der Waals surface area contributed by atoms with E-state index in [9.17, 15) is 0 Å². The smallest absolute Gasteiger partial charge is 0.164 e. The number of nitrogens with one attached hydrogen (secondary N) is 1. The van der Waals surface area contributed by atoms with Crippen molar-refractivity contribution in [1.29, 1.82) is 0 Å². The molecule has 0 atom stereocenters. The third-order valence-electron chi connectivity index (χ3n) is 16.1. The second-order valence-corrected chi connectivity index (χ2v) is 20.8. The summed E-state index contributed by atoms with van der Waals surface area (Å²) in [5.41, 5.74) is 20.3. The number of para-hydroxylation sites is 3. The van der Waals surface area contributed by atoms with Gasteiger partial charge in [0.25, 0.3) is 0 Å². The highest BCUT2D eigenvalue weighted by Gasteiger charge is 2.26. The summed E-state index contributed by atoms with van der Waals surface area (Å²) < 4.78 is 4.89. The summed E-state index contributed by atoms with van der Waals surface area (Å²) in [6, 6.07) is 102. The molecule has 0 aliphatic rings. The van der Waals surface area contributed by atoms with Gasteiger partial charge in [0.15, 0.2) is 17.5 Å². The minimum Gasteiger partial charge on any atom is -0.353 e. The van der Waals surface area contributed by atoms with Gasteiger partial charge in [0.1, 0.15) is 0 Å². The lowest BCUT2D eigenvalue weighted by atomic mass is 9.92. The van der Waals surface area contributed by atoms with Gasteiger partial charge in [0, 0.05) is 65.8 Å². The zero-order valence-electron chi connectivity index (χ0n) is 43.9. The summed E-state index contributed by atoms with van der Waals surface area (Å²) in [4.78, 5) is 20.3. The predicted molar refractivity (Wildman–Crippen MR) is 336 cm³/mol. The average molecular weight is 1030 g/mol. The second kappa shape index (κ2) is 18.9. The van der Waals surface area contributed by atoms with E-state index < -0.39 is 0 Å². The van der Waals surface area contributed by atoms with Crippen LogP contribution in [0.25, 0.3) is 155 Å². The predicted octanol–water partition coefficient (Wildman–Crippen LogP) is 19.4. The highest BCUT2D eigenvalue weighted by Crippen LogP contribution is 2.47. The summed E-state index contributed by atoms with van der Waals surface area (Å²) in [6.45, 7) is 0. The van der Waals surface area contributed by atoms with Crippen LogP contribution >= 0.6 is 0 Å². The molecule has 0 radical (unpaired) electrons. The van der Waals surface area contributed by atoms with Crippen LogP contribution in [-0.2, 0) is 0 Å². The van der Waals surface area contributed by atoms with Gasteiger partial charge in [-0.2, -0.15) is 0 Å². The number of rotatable bonds is 9. The Hall–Kier alpha value is -11.0. The molecule has 378 valence electrons. The first-order chi connectivity index (χ1) is 40.2. The standard InChI is InChI=1S/C75H48N6/c1-7-23-48(24-8-1)53-43-54(49-25-9-2-10-26-49)45-55(44-53)74-77-73(52-31-15-5-16-32-52)78-75(79-74)56-46-62(50-27-11-3-12-28-50)72(63(47-56)51-29-13-4-14-30-51)81-65-38-22-20-36-61(65)69-67(81)42-40-59-58-39-41-66-68(70(58)76-71(59)69)60-35-19-21-37-64(60)80(66)57-33-17-6-18-34-57/h1-47,76H. The molecule has 0 saturated heterocycles. The Bertz CT molecular complexity index is 4950. The van der Waals surface area contributed by atoms with Crippen LogP contribution in [0.5, 0.6) is 0 Å². The maximum atomic E-state index is 5.51. The molecule has 6 heteroatoms. The second-order valence-electron chi connectivity index (χ2n) is 20.8. The molecule has 0 aliphatic heterocycles.